The minimum atomic E-state index is -2.46. The average Bonchev–Trinajstić information content (AvgIpc) is 2.81. The Labute approximate surface area is 224 Å². The molecule has 1 fully saturated rings. The van der Waals surface area contributed by atoms with E-state index in [2.05, 4.69) is 10.0 Å². The van der Waals surface area contributed by atoms with E-state index in [1.807, 2.05) is 64.2 Å². The molecule has 1 aromatic carbocycles. The molecule has 5 atom stereocenters. The van der Waals surface area contributed by atoms with Gasteiger partial charge in [0.05, 0.1) is 19.6 Å². The smallest absolute Gasteiger partial charge is 0.306 e. The molecule has 0 bridgehead atoms. The predicted octanol–water partition coefficient (Wildman–Crippen LogP) is 4.84. The quantitative estimate of drug-likeness (QED) is 0.118. The maximum atomic E-state index is 12.7. The van der Waals surface area contributed by atoms with Crippen LogP contribution < -0.4 is 0 Å². The van der Waals surface area contributed by atoms with E-state index in [9.17, 15) is 19.9 Å². The second kappa shape index (κ2) is 13.9. The molecule has 0 N–H and O–H groups in total. The van der Waals surface area contributed by atoms with Crippen LogP contribution in [-0.2, 0) is 44.4 Å². The van der Waals surface area contributed by atoms with Crippen molar-refractivity contribution in [3.63, 3.8) is 0 Å². The summed E-state index contributed by atoms with van der Waals surface area (Å²) in [6.45, 7) is 13.0. The monoisotopic (exact) mass is 549 g/mol. The number of carbonyl (C=O) groups excluding carboxylic acids is 3. The first-order valence-corrected chi connectivity index (χ1v) is 15.5. The number of nitrogens with zero attached hydrogens (tertiary/aromatic N) is 3. The topological polar surface area (TPSA) is 146 Å². The standard InChI is InChI=1S/C26H39N3O8Si/c1-17(30)13-14-21(32)36-23-20(16-33-15-19-11-9-8-10-12-19)35-25(37-38(6,7)26(3,4)5)22(28-29-27)24(23)34-18(2)31/h8-12,20,22-25H,13-16H2,1-7H3/t20-,22-,23-,24-,25+/m1/s1. The Hall–Kier alpha value is -2.76. The zero-order valence-electron chi connectivity index (χ0n) is 23.2. The lowest BCUT2D eigenvalue weighted by Crippen LogP contribution is -2.63. The van der Waals surface area contributed by atoms with Crippen LogP contribution in [0.25, 0.3) is 10.4 Å². The van der Waals surface area contributed by atoms with Crippen LogP contribution in [0.3, 0.4) is 0 Å². The molecule has 1 saturated heterocycles. The number of ether oxygens (including phenoxy) is 4. The van der Waals surface area contributed by atoms with Crippen molar-refractivity contribution in [2.45, 2.75) is 103 Å². The van der Waals surface area contributed by atoms with E-state index < -0.39 is 50.9 Å². The number of azide groups is 1. The molecule has 1 heterocycles. The van der Waals surface area contributed by atoms with Crippen molar-refractivity contribution < 1.29 is 37.8 Å². The lowest BCUT2D eigenvalue weighted by Gasteiger charge is -2.47. The van der Waals surface area contributed by atoms with Gasteiger partial charge in [-0.05, 0) is 36.2 Å². The summed E-state index contributed by atoms with van der Waals surface area (Å²) in [4.78, 5) is 39.1. The van der Waals surface area contributed by atoms with Gasteiger partial charge in [0.25, 0.3) is 0 Å². The number of ketones is 1. The molecule has 1 aliphatic rings. The zero-order valence-corrected chi connectivity index (χ0v) is 24.2. The van der Waals surface area contributed by atoms with E-state index in [0.717, 1.165) is 5.56 Å². The summed E-state index contributed by atoms with van der Waals surface area (Å²) < 4.78 is 29.9. The van der Waals surface area contributed by atoms with Gasteiger partial charge in [0, 0.05) is 18.3 Å². The Kier molecular flexibility index (Phi) is 11.5. The van der Waals surface area contributed by atoms with Gasteiger partial charge in [0.15, 0.2) is 26.8 Å². The highest BCUT2D eigenvalue weighted by Crippen LogP contribution is 2.40. The zero-order chi connectivity index (χ0) is 28.5. The first-order valence-electron chi connectivity index (χ1n) is 12.6. The molecule has 2 rings (SSSR count). The number of carbonyl (C=O) groups is 3. The maximum absolute atomic E-state index is 12.7. The third kappa shape index (κ3) is 9.21. The number of rotatable bonds is 12. The lowest BCUT2D eigenvalue weighted by atomic mass is 9.97. The molecule has 0 radical (unpaired) electrons. The third-order valence-electron chi connectivity index (χ3n) is 6.66. The van der Waals surface area contributed by atoms with E-state index in [1.165, 1.54) is 13.8 Å². The van der Waals surface area contributed by atoms with Crippen LogP contribution in [0, 0.1) is 0 Å². The summed E-state index contributed by atoms with van der Waals surface area (Å²) in [5.41, 5.74) is 10.3. The highest BCUT2D eigenvalue weighted by Gasteiger charge is 2.53. The first-order chi connectivity index (χ1) is 17.7. The molecule has 1 aliphatic heterocycles. The number of esters is 2. The minimum Gasteiger partial charge on any atom is -0.458 e. The van der Waals surface area contributed by atoms with Crippen molar-refractivity contribution in [1.82, 2.24) is 0 Å². The second-order valence-corrected chi connectivity index (χ2v) is 15.6. The van der Waals surface area contributed by atoms with Gasteiger partial charge in [-0.2, -0.15) is 0 Å². The van der Waals surface area contributed by atoms with Crippen molar-refractivity contribution >= 4 is 26.0 Å². The van der Waals surface area contributed by atoms with E-state index in [1.54, 1.807) is 0 Å². The van der Waals surface area contributed by atoms with Crippen LogP contribution in [0.1, 0.15) is 53.0 Å². The molecule has 1 aromatic rings. The normalized spacial score (nSPS) is 23.7. The van der Waals surface area contributed by atoms with Crippen molar-refractivity contribution in [3.8, 4) is 0 Å². The van der Waals surface area contributed by atoms with Crippen LogP contribution in [0.2, 0.25) is 18.1 Å². The van der Waals surface area contributed by atoms with E-state index in [0.29, 0.717) is 0 Å². The number of Topliss-reactive ketones (excluding diaryl/α,β-unsaturated/α-hetero) is 1. The Morgan fingerprint density at radius 1 is 1.05 bits per heavy atom. The van der Waals surface area contributed by atoms with E-state index in [-0.39, 0.29) is 36.9 Å². The fraction of sp³-hybridized carbons (Fsp3) is 0.654. The molecule has 0 spiro atoms. The molecule has 0 unspecified atom stereocenters. The van der Waals surface area contributed by atoms with Crippen molar-refractivity contribution in [2.24, 2.45) is 5.11 Å². The van der Waals surface area contributed by atoms with Gasteiger partial charge in [-0.25, -0.2) is 0 Å². The lowest BCUT2D eigenvalue weighted by molar-refractivity contribution is -0.257. The fourth-order valence-electron chi connectivity index (χ4n) is 3.60. The van der Waals surface area contributed by atoms with Crippen molar-refractivity contribution in [1.29, 1.82) is 0 Å². The van der Waals surface area contributed by atoms with Crippen LogP contribution >= 0.6 is 0 Å². The maximum Gasteiger partial charge on any atom is 0.306 e. The predicted molar refractivity (Wildman–Crippen MR) is 141 cm³/mol. The summed E-state index contributed by atoms with van der Waals surface area (Å²) in [5, 5.41) is 3.64. The Morgan fingerprint density at radius 3 is 2.26 bits per heavy atom. The SMILES string of the molecule is CC(=O)CCC(=O)O[C@H]1[C@H](OC(C)=O)[C@@H](N=[N+]=[N-])[C@H](O[Si](C)(C)C(C)(C)C)O[C@@H]1COCc1ccccc1. The summed E-state index contributed by atoms with van der Waals surface area (Å²) in [6, 6.07) is 8.35. The van der Waals surface area contributed by atoms with Crippen molar-refractivity contribution in [2.75, 3.05) is 6.61 Å². The molecular formula is C26H39N3O8Si. The van der Waals surface area contributed by atoms with Crippen LogP contribution in [-0.4, -0.2) is 63.3 Å². The van der Waals surface area contributed by atoms with Crippen LogP contribution in [0.4, 0.5) is 0 Å². The molecule has 0 amide bonds. The first kappa shape index (κ1) is 31.5. The molecule has 0 saturated carbocycles. The van der Waals surface area contributed by atoms with E-state index in [4.69, 9.17) is 23.4 Å². The van der Waals surface area contributed by atoms with Gasteiger partial charge >= 0.3 is 11.9 Å². The Morgan fingerprint density at radius 2 is 1.71 bits per heavy atom. The number of hydrogen-bond donors (Lipinski definition) is 0. The van der Waals surface area contributed by atoms with Gasteiger partial charge in [-0.3, -0.25) is 9.59 Å². The summed E-state index contributed by atoms with van der Waals surface area (Å²) in [6.07, 6.45) is -4.51. The Balaban J connectivity index is 2.41. The molecule has 0 aliphatic carbocycles. The summed E-state index contributed by atoms with van der Waals surface area (Å²) in [5.74, 6) is -1.51. The number of hydrogen-bond acceptors (Lipinski definition) is 9. The van der Waals surface area contributed by atoms with Crippen LogP contribution in [0.5, 0.6) is 0 Å². The highest BCUT2D eigenvalue weighted by atomic mass is 28.4. The van der Waals surface area contributed by atoms with Gasteiger partial charge in [0.2, 0.25) is 0 Å². The molecule has 12 heteroatoms. The largest absolute Gasteiger partial charge is 0.458 e. The van der Waals surface area contributed by atoms with Gasteiger partial charge in [-0.1, -0.05) is 56.2 Å². The summed E-state index contributed by atoms with van der Waals surface area (Å²) in [7, 11) is -2.46. The minimum absolute atomic E-state index is 0.00327. The molecule has 38 heavy (non-hydrogen) atoms. The van der Waals surface area contributed by atoms with Crippen molar-refractivity contribution in [3.05, 3.63) is 46.3 Å². The Bertz CT molecular complexity index is 1010. The molecular weight excluding hydrogens is 510 g/mol. The molecule has 210 valence electrons. The summed E-state index contributed by atoms with van der Waals surface area (Å²) >= 11 is 0. The molecule has 11 nitrogen and oxygen atoms in total. The average molecular weight is 550 g/mol. The highest BCUT2D eigenvalue weighted by molar-refractivity contribution is 6.74. The van der Waals surface area contributed by atoms with Gasteiger partial charge in [-0.15, -0.1) is 0 Å². The third-order valence-corrected chi connectivity index (χ3v) is 11.1. The van der Waals surface area contributed by atoms with Crippen LogP contribution in [0.15, 0.2) is 35.4 Å². The van der Waals surface area contributed by atoms with E-state index >= 15 is 0 Å². The van der Waals surface area contributed by atoms with Gasteiger partial charge < -0.3 is 28.2 Å². The fourth-order valence-corrected chi connectivity index (χ4v) is 4.73. The molecule has 0 aromatic heterocycles. The number of benzene rings is 1. The second-order valence-electron chi connectivity index (χ2n) is 10.8. The van der Waals surface area contributed by atoms with Gasteiger partial charge in [0.1, 0.15) is 17.9 Å².